The monoisotopic (exact) mass is 434 g/mol. The Morgan fingerprint density at radius 3 is 1.93 bits per heavy atom. The average molecular weight is 435 g/mol. The van der Waals surface area contributed by atoms with Crippen LogP contribution in [0.5, 0.6) is 17.2 Å². The molecule has 0 unspecified atom stereocenters. The first-order valence-corrected chi connectivity index (χ1v) is 12.4. The quantitative estimate of drug-likeness (QED) is 0.250. The molecule has 0 bridgehead atoms. The number of phenolic OH excluding ortho intramolecular Hbond substituents is 1. The van der Waals surface area contributed by atoms with E-state index in [0.717, 1.165) is 18.4 Å². The second-order valence-corrected chi connectivity index (χ2v) is 9.14. The highest BCUT2D eigenvalue weighted by Gasteiger charge is 2.20. The molecule has 2 aromatic rings. The largest absolute Gasteiger partial charge is 0.508 e. The van der Waals surface area contributed by atoms with Gasteiger partial charge in [-0.05, 0) is 48.7 Å². The van der Waals surface area contributed by atoms with Gasteiger partial charge in [0.2, 0.25) is 0 Å². The van der Waals surface area contributed by atoms with E-state index in [-0.39, 0.29) is 16.4 Å². The summed E-state index contributed by atoms with van der Waals surface area (Å²) in [7, 11) is -4.41. The molecule has 5 nitrogen and oxygen atoms in total. The van der Waals surface area contributed by atoms with Crippen molar-refractivity contribution < 1.29 is 22.8 Å². The highest BCUT2D eigenvalue weighted by atomic mass is 32.2. The zero-order valence-corrected chi connectivity index (χ0v) is 18.7. The maximum absolute atomic E-state index is 11.8. The molecule has 0 spiro atoms. The predicted octanol–water partition coefficient (Wildman–Crippen LogP) is 6.89. The second kappa shape index (κ2) is 12.6. The fourth-order valence-electron chi connectivity index (χ4n) is 3.51. The number of ether oxygens (including phenoxy) is 1. The highest BCUT2D eigenvalue weighted by molar-refractivity contribution is 7.86. The van der Waals surface area contributed by atoms with E-state index < -0.39 is 10.1 Å². The summed E-state index contributed by atoms with van der Waals surface area (Å²) >= 11 is 0. The van der Waals surface area contributed by atoms with Crippen LogP contribution >= 0.6 is 0 Å². The molecule has 6 heteroatoms. The van der Waals surface area contributed by atoms with Gasteiger partial charge in [-0.2, -0.15) is 8.42 Å². The minimum absolute atomic E-state index is 0.0935. The van der Waals surface area contributed by atoms with Crippen LogP contribution in [-0.4, -0.2) is 18.1 Å². The molecule has 2 N–H and O–H groups in total. The lowest BCUT2D eigenvalue weighted by atomic mass is 10.0. The molecule has 166 valence electrons. The van der Waals surface area contributed by atoms with Crippen molar-refractivity contribution in [2.75, 3.05) is 0 Å². The summed E-state index contributed by atoms with van der Waals surface area (Å²) in [5, 5.41) is 9.43. The first-order chi connectivity index (χ1) is 14.4. The van der Waals surface area contributed by atoms with Crippen LogP contribution in [0.25, 0.3) is 0 Å². The van der Waals surface area contributed by atoms with Crippen LogP contribution in [0.2, 0.25) is 0 Å². The molecule has 0 heterocycles. The van der Waals surface area contributed by atoms with E-state index in [0.29, 0.717) is 12.2 Å². The van der Waals surface area contributed by atoms with Crippen LogP contribution in [0.4, 0.5) is 0 Å². The number of benzene rings is 2. The van der Waals surface area contributed by atoms with E-state index in [9.17, 15) is 18.1 Å². The molecule has 2 aromatic carbocycles. The maximum Gasteiger partial charge on any atom is 0.298 e. The van der Waals surface area contributed by atoms with Gasteiger partial charge in [0.25, 0.3) is 10.1 Å². The molecule has 2 rings (SSSR count). The number of para-hydroxylation sites is 1. The van der Waals surface area contributed by atoms with E-state index >= 15 is 0 Å². The normalized spacial score (nSPS) is 11.5. The van der Waals surface area contributed by atoms with Crippen LogP contribution in [0.15, 0.2) is 47.4 Å². The summed E-state index contributed by atoms with van der Waals surface area (Å²) in [4.78, 5) is -0.236. The van der Waals surface area contributed by atoms with Crippen LogP contribution in [0.1, 0.15) is 76.7 Å². The Morgan fingerprint density at radius 2 is 1.37 bits per heavy atom. The molecule has 0 aliphatic carbocycles. The number of rotatable bonds is 14. The number of hydrogen-bond acceptors (Lipinski definition) is 4. The summed E-state index contributed by atoms with van der Waals surface area (Å²) in [6, 6.07) is 10.8. The van der Waals surface area contributed by atoms with E-state index in [1.165, 1.54) is 69.6 Å². The lowest BCUT2D eigenvalue weighted by molar-refractivity contribution is 0.440. The average Bonchev–Trinajstić information content (AvgIpc) is 2.71. The van der Waals surface area contributed by atoms with Gasteiger partial charge in [0.1, 0.15) is 16.4 Å². The molecule has 0 saturated heterocycles. The highest BCUT2D eigenvalue weighted by Crippen LogP contribution is 2.34. The summed E-state index contributed by atoms with van der Waals surface area (Å²) < 4.78 is 39.1. The van der Waals surface area contributed by atoms with Gasteiger partial charge in [-0.3, -0.25) is 4.55 Å². The molecule has 0 fully saturated rings. The van der Waals surface area contributed by atoms with Crippen molar-refractivity contribution in [3.8, 4) is 17.2 Å². The van der Waals surface area contributed by atoms with Crippen molar-refractivity contribution in [1.82, 2.24) is 0 Å². The standard InChI is InChI=1S/C24H34O5S/c1-2-3-4-5-6-7-8-9-10-11-13-20-14-12-15-23(30(26,27)28)24(20)29-22-18-16-21(25)17-19-22/h12,14-19,25H,2-11,13H2,1H3,(H,26,27,28). The van der Waals surface area contributed by atoms with Crippen molar-refractivity contribution in [1.29, 1.82) is 0 Å². The first kappa shape index (κ1) is 24.2. The summed E-state index contributed by atoms with van der Waals surface area (Å²) in [6.45, 7) is 2.23. The minimum atomic E-state index is -4.41. The Kier molecular flexibility index (Phi) is 10.2. The zero-order valence-electron chi connectivity index (χ0n) is 17.8. The number of hydrogen-bond donors (Lipinski definition) is 2. The van der Waals surface area contributed by atoms with E-state index in [1.54, 1.807) is 18.2 Å². The molecule has 0 saturated carbocycles. The van der Waals surface area contributed by atoms with Crippen molar-refractivity contribution in [3.63, 3.8) is 0 Å². The van der Waals surface area contributed by atoms with Gasteiger partial charge in [0, 0.05) is 0 Å². The molecule has 0 aliphatic heterocycles. The van der Waals surface area contributed by atoms with Crippen LogP contribution in [0.3, 0.4) is 0 Å². The van der Waals surface area contributed by atoms with Gasteiger partial charge >= 0.3 is 0 Å². The molecule has 30 heavy (non-hydrogen) atoms. The van der Waals surface area contributed by atoms with Gasteiger partial charge < -0.3 is 9.84 Å². The van der Waals surface area contributed by atoms with Crippen LogP contribution < -0.4 is 4.74 Å². The second-order valence-electron chi connectivity index (χ2n) is 7.75. The number of phenols is 1. The van der Waals surface area contributed by atoms with Crippen molar-refractivity contribution in [3.05, 3.63) is 48.0 Å². The Bertz CT molecular complexity index is 860. The lowest BCUT2D eigenvalue weighted by Crippen LogP contribution is -2.04. The molecule has 0 aromatic heterocycles. The van der Waals surface area contributed by atoms with Crippen LogP contribution in [-0.2, 0) is 16.5 Å². The molecule has 0 aliphatic rings. The molecular formula is C24H34O5S. The van der Waals surface area contributed by atoms with E-state index in [4.69, 9.17) is 4.74 Å². The minimum Gasteiger partial charge on any atom is -0.508 e. The first-order valence-electron chi connectivity index (χ1n) is 11.0. The maximum atomic E-state index is 11.8. The molecule has 0 atom stereocenters. The number of aryl methyl sites for hydroxylation is 1. The topological polar surface area (TPSA) is 83.8 Å². The third-order valence-electron chi connectivity index (χ3n) is 5.19. The van der Waals surface area contributed by atoms with E-state index in [1.807, 2.05) is 6.07 Å². The van der Waals surface area contributed by atoms with Gasteiger partial charge in [-0.1, -0.05) is 76.8 Å². The Hall–Kier alpha value is -2.05. The Balaban J connectivity index is 1.93. The molecule has 0 amide bonds. The van der Waals surface area contributed by atoms with Gasteiger partial charge in [0.05, 0.1) is 0 Å². The zero-order chi connectivity index (χ0) is 21.8. The predicted molar refractivity (Wildman–Crippen MR) is 120 cm³/mol. The van der Waals surface area contributed by atoms with Crippen molar-refractivity contribution in [2.45, 2.75) is 82.4 Å². The van der Waals surface area contributed by atoms with Gasteiger partial charge in [-0.25, -0.2) is 0 Å². The summed E-state index contributed by atoms with van der Waals surface area (Å²) in [5.41, 5.74) is 0.748. The third-order valence-corrected chi connectivity index (χ3v) is 6.07. The number of aromatic hydroxyl groups is 1. The lowest BCUT2D eigenvalue weighted by Gasteiger charge is -2.14. The number of unbranched alkanes of at least 4 members (excludes halogenated alkanes) is 9. The Morgan fingerprint density at radius 1 is 0.800 bits per heavy atom. The van der Waals surface area contributed by atoms with Crippen molar-refractivity contribution >= 4 is 10.1 Å². The molecule has 0 radical (unpaired) electrons. The summed E-state index contributed by atoms with van der Waals surface area (Å²) in [5.74, 6) is 0.644. The third kappa shape index (κ3) is 8.36. The fourth-order valence-corrected chi connectivity index (χ4v) is 4.17. The Labute approximate surface area is 180 Å². The van der Waals surface area contributed by atoms with E-state index in [2.05, 4.69) is 6.92 Å². The van der Waals surface area contributed by atoms with Gasteiger partial charge in [-0.15, -0.1) is 0 Å². The summed E-state index contributed by atoms with van der Waals surface area (Å²) in [6.07, 6.45) is 12.9. The van der Waals surface area contributed by atoms with Gasteiger partial charge in [0.15, 0.2) is 5.75 Å². The van der Waals surface area contributed by atoms with Crippen molar-refractivity contribution in [2.24, 2.45) is 0 Å². The SMILES string of the molecule is CCCCCCCCCCCCc1cccc(S(=O)(=O)O)c1Oc1ccc(O)cc1. The smallest absolute Gasteiger partial charge is 0.298 e. The fraction of sp³-hybridized carbons (Fsp3) is 0.500. The van der Waals surface area contributed by atoms with Crippen LogP contribution in [0, 0.1) is 0 Å². The molecular weight excluding hydrogens is 400 g/mol.